The minimum absolute atomic E-state index is 0.150. The number of fused-ring (bicyclic) bond motifs is 1. The summed E-state index contributed by atoms with van der Waals surface area (Å²) < 4.78 is 13.9. The van der Waals surface area contributed by atoms with Gasteiger partial charge in [-0.3, -0.25) is 0 Å². The quantitative estimate of drug-likeness (QED) is 0.219. The van der Waals surface area contributed by atoms with Crippen molar-refractivity contribution in [3.63, 3.8) is 0 Å². The van der Waals surface area contributed by atoms with Crippen LogP contribution in [0.1, 0.15) is 52.7 Å². The Labute approximate surface area is 193 Å². The molecule has 0 radical (unpaired) electrons. The van der Waals surface area contributed by atoms with E-state index in [1.807, 2.05) is 0 Å². The fourth-order valence-electron chi connectivity index (χ4n) is 2.67. The Balaban J connectivity index is 0.00000122. The monoisotopic (exact) mass is 537 g/mol. The van der Waals surface area contributed by atoms with Crippen LogP contribution in [-0.4, -0.2) is 22.4 Å². The fraction of sp³-hybridized carbons (Fsp3) is 0.667. The summed E-state index contributed by atoms with van der Waals surface area (Å²) in [7, 11) is 5.91. The molecule has 0 spiro atoms. The molecule has 0 unspecified atom stereocenters. The van der Waals surface area contributed by atoms with Crippen molar-refractivity contribution in [2.45, 2.75) is 90.0 Å². The Morgan fingerprint density at radius 3 is 1.79 bits per heavy atom. The van der Waals surface area contributed by atoms with Gasteiger partial charge >= 0.3 is 37.9 Å². The van der Waals surface area contributed by atoms with Crippen LogP contribution in [0.3, 0.4) is 0 Å². The molecule has 0 aromatic heterocycles. The second kappa shape index (κ2) is 9.59. The number of rotatable bonds is 4. The molecule has 1 aliphatic rings. The first-order valence-electron chi connectivity index (χ1n) is 9.81. The van der Waals surface area contributed by atoms with E-state index < -0.39 is 43.3 Å². The van der Waals surface area contributed by atoms with Crippen molar-refractivity contribution in [1.29, 1.82) is 0 Å². The van der Waals surface area contributed by atoms with Crippen molar-refractivity contribution < 1.29 is 29.7 Å². The van der Waals surface area contributed by atoms with Crippen LogP contribution in [-0.2, 0) is 36.1 Å². The van der Waals surface area contributed by atoms with E-state index in [0.29, 0.717) is 0 Å². The first-order valence-corrected chi connectivity index (χ1v) is 22.0. The summed E-state index contributed by atoms with van der Waals surface area (Å²) in [5, 5.41) is 0.299. The number of halogens is 2. The average Bonchev–Trinajstić information content (AvgIpc) is 2.91. The molecule has 2 rings (SSSR count). The zero-order valence-corrected chi connectivity index (χ0v) is 25.1. The van der Waals surface area contributed by atoms with Gasteiger partial charge in [-0.15, -0.1) is 12.1 Å². The molecule has 0 heterocycles. The van der Waals surface area contributed by atoms with Crippen molar-refractivity contribution in [1.82, 2.24) is 0 Å². The van der Waals surface area contributed by atoms with E-state index in [4.69, 9.17) is 25.9 Å². The van der Waals surface area contributed by atoms with Crippen LogP contribution < -0.4 is 0 Å². The summed E-state index contributed by atoms with van der Waals surface area (Å²) in [6, 6.07) is 6.51. The topological polar surface area (TPSA) is 18.5 Å². The van der Waals surface area contributed by atoms with E-state index in [-0.39, 0.29) is 10.1 Å². The molecular formula is C21H37Cl2O2Si2Zr-. The predicted molar refractivity (Wildman–Crippen MR) is 126 cm³/mol. The van der Waals surface area contributed by atoms with Gasteiger partial charge in [0.25, 0.3) is 0 Å². The van der Waals surface area contributed by atoms with Crippen molar-refractivity contribution in [3.05, 3.63) is 35.4 Å². The van der Waals surface area contributed by atoms with E-state index in [2.05, 4.69) is 98.1 Å². The second-order valence-corrected chi connectivity index (χ2v) is 23.8. The minimum atomic E-state index is -1.98. The third-order valence-electron chi connectivity index (χ3n) is 6.37. The standard InChI is InChI=1S/C21H37O2Si2.2ClH.Zr/c1-19(2,3)24(7,8)22-21(23-25(9,10)20(4,5)6)15-14-17-12-11-13-18(17)16-21;;;/h11-15H,16H2,1-10H3;2*1H;/q-1;;;+2/p-2. The molecule has 0 amide bonds. The zero-order valence-electron chi connectivity index (χ0n) is 19.2. The molecule has 0 saturated heterocycles. The molecule has 0 bridgehead atoms. The van der Waals surface area contributed by atoms with Crippen LogP contribution in [0, 0.1) is 0 Å². The molecule has 1 aliphatic carbocycles. The normalized spacial score (nSPS) is 16.9. The van der Waals surface area contributed by atoms with E-state index in [1.165, 1.54) is 11.1 Å². The third kappa shape index (κ3) is 6.70. The average molecular weight is 540 g/mol. The van der Waals surface area contributed by atoms with Crippen LogP contribution in [0.2, 0.25) is 36.3 Å². The van der Waals surface area contributed by atoms with Crippen LogP contribution in [0.15, 0.2) is 24.3 Å². The molecule has 28 heavy (non-hydrogen) atoms. The van der Waals surface area contributed by atoms with Gasteiger partial charge in [0.15, 0.2) is 22.4 Å². The molecule has 0 N–H and O–H groups in total. The zero-order chi connectivity index (χ0) is 22.0. The van der Waals surface area contributed by atoms with Crippen LogP contribution in [0.5, 0.6) is 0 Å². The van der Waals surface area contributed by atoms with Crippen molar-refractivity contribution >= 4 is 39.7 Å². The Morgan fingerprint density at radius 2 is 1.39 bits per heavy atom. The van der Waals surface area contributed by atoms with Gasteiger partial charge in [0.1, 0.15) is 0 Å². The molecule has 1 aromatic rings. The van der Waals surface area contributed by atoms with E-state index in [0.717, 1.165) is 6.42 Å². The molecule has 0 atom stereocenters. The Hall–Kier alpha value is 0.907. The van der Waals surface area contributed by atoms with Crippen LogP contribution >= 0.6 is 17.0 Å². The SMILES string of the molecule is CC(C)(C)[Si](C)(C)OC1(O[Si](C)(C)C(C)(C)C)C=Cc2[cH-]ccc2C1.[Cl][Zr][Cl]. The molecule has 160 valence electrons. The van der Waals surface area contributed by atoms with Crippen molar-refractivity contribution in [2.24, 2.45) is 0 Å². The van der Waals surface area contributed by atoms with Gasteiger partial charge in [0.05, 0.1) is 0 Å². The van der Waals surface area contributed by atoms with Crippen LogP contribution in [0.25, 0.3) is 6.08 Å². The van der Waals surface area contributed by atoms with E-state index >= 15 is 0 Å². The third-order valence-corrected chi connectivity index (χ3v) is 15.3. The first kappa shape index (κ1) is 26.9. The van der Waals surface area contributed by atoms with Gasteiger partial charge in [0, 0.05) is 0 Å². The Morgan fingerprint density at radius 1 is 0.964 bits per heavy atom. The first-order chi connectivity index (χ1) is 12.5. The van der Waals surface area contributed by atoms with Crippen molar-refractivity contribution in [2.75, 3.05) is 0 Å². The summed E-state index contributed by atoms with van der Waals surface area (Å²) in [6.07, 6.45) is 5.19. The summed E-state index contributed by atoms with van der Waals surface area (Å²) in [4.78, 5) is 0. The molecule has 0 aliphatic heterocycles. The summed E-state index contributed by atoms with van der Waals surface area (Å²) >= 11 is -0.826. The van der Waals surface area contributed by atoms with Gasteiger partial charge in [-0.25, -0.2) is 0 Å². The van der Waals surface area contributed by atoms with Crippen LogP contribution in [0.4, 0.5) is 0 Å². The second-order valence-electron chi connectivity index (χ2n) is 10.6. The van der Waals surface area contributed by atoms with Gasteiger partial charge < -0.3 is 8.85 Å². The number of hydrogen-bond acceptors (Lipinski definition) is 2. The summed E-state index contributed by atoms with van der Waals surface area (Å²) in [6.45, 7) is 23.0. The molecule has 2 nitrogen and oxygen atoms in total. The summed E-state index contributed by atoms with van der Waals surface area (Å²) in [5.74, 6) is -0.632. The molecular weight excluding hydrogens is 503 g/mol. The van der Waals surface area contributed by atoms with E-state index in [9.17, 15) is 0 Å². The van der Waals surface area contributed by atoms with Gasteiger partial charge in [0.2, 0.25) is 0 Å². The molecule has 7 heteroatoms. The fourth-order valence-corrected chi connectivity index (χ4v) is 5.45. The molecule has 0 saturated carbocycles. The van der Waals surface area contributed by atoms with Crippen molar-refractivity contribution in [3.8, 4) is 0 Å². The molecule has 1 aromatic carbocycles. The Kier molecular flexibility index (Phi) is 9.22. The maximum absolute atomic E-state index is 6.95. The molecule has 0 fully saturated rings. The maximum atomic E-state index is 6.95. The predicted octanol–water partition coefficient (Wildman–Crippen LogP) is 8.09. The Bertz CT molecular complexity index is 643. The summed E-state index contributed by atoms with van der Waals surface area (Å²) in [5.41, 5.74) is 2.63. The number of hydrogen-bond donors (Lipinski definition) is 0. The van der Waals surface area contributed by atoms with E-state index in [1.54, 1.807) is 0 Å². The van der Waals surface area contributed by atoms with Gasteiger partial charge in [-0.2, -0.15) is 23.3 Å². The van der Waals surface area contributed by atoms with Gasteiger partial charge in [-0.05, 0) is 42.7 Å². The van der Waals surface area contributed by atoms with Gasteiger partial charge in [-0.1, -0.05) is 47.6 Å².